The Morgan fingerprint density at radius 1 is 1.00 bits per heavy atom. The van der Waals surface area contributed by atoms with Crippen LogP contribution in [0.3, 0.4) is 0 Å². The van der Waals surface area contributed by atoms with Gasteiger partial charge in [0.1, 0.15) is 12.6 Å². The molecule has 214 valence electrons. The Hall–Kier alpha value is -3.95. The highest BCUT2D eigenvalue weighted by Gasteiger charge is 2.41. The maximum absolute atomic E-state index is 15.2. The van der Waals surface area contributed by atoms with Crippen molar-refractivity contribution in [3.8, 4) is 5.75 Å². The molecule has 0 unspecified atom stereocenters. The first-order chi connectivity index (χ1) is 19.2. The van der Waals surface area contributed by atoms with E-state index in [2.05, 4.69) is 5.32 Å². The number of amides is 4. The second-order valence-corrected chi connectivity index (χ2v) is 10.5. The summed E-state index contributed by atoms with van der Waals surface area (Å²) < 4.78 is 20.9. The molecule has 2 atom stereocenters. The third kappa shape index (κ3) is 7.16. The number of hydrogen-bond acceptors (Lipinski definition) is 5. The van der Waals surface area contributed by atoms with Gasteiger partial charge in [-0.3, -0.25) is 24.1 Å². The van der Waals surface area contributed by atoms with Gasteiger partial charge >= 0.3 is 0 Å². The Morgan fingerprint density at radius 2 is 1.75 bits per heavy atom. The summed E-state index contributed by atoms with van der Waals surface area (Å²) in [5.41, 5.74) is 13.9. The third-order valence-electron chi connectivity index (χ3n) is 7.52. The molecule has 2 aromatic carbocycles. The predicted octanol–water partition coefficient (Wildman–Crippen LogP) is 2.84. The molecule has 5 N–H and O–H groups in total. The van der Waals surface area contributed by atoms with Crippen molar-refractivity contribution in [2.75, 3.05) is 11.5 Å². The number of ether oxygens (including phenoxy) is 1. The fraction of sp³-hybridized carbons (Fsp3) is 0.467. The van der Waals surface area contributed by atoms with Crippen LogP contribution in [0.4, 0.5) is 10.1 Å². The largest absolute Gasteiger partial charge is 0.488 e. The van der Waals surface area contributed by atoms with Crippen LogP contribution in [0.1, 0.15) is 68.1 Å². The zero-order valence-corrected chi connectivity index (χ0v) is 22.6. The summed E-state index contributed by atoms with van der Waals surface area (Å²) in [6, 6.07) is 9.48. The van der Waals surface area contributed by atoms with E-state index in [0.717, 1.165) is 36.1 Å². The van der Waals surface area contributed by atoms with Gasteiger partial charge in [0.15, 0.2) is 11.6 Å². The first kappa shape index (κ1) is 29.0. The molecule has 9 nitrogen and oxygen atoms in total. The molecular formula is C30H37FN4O5. The molecule has 0 spiro atoms. The number of carbonyl (C=O) groups is 4. The first-order valence-electron chi connectivity index (χ1n) is 13.9. The van der Waals surface area contributed by atoms with Crippen molar-refractivity contribution in [1.82, 2.24) is 5.32 Å². The minimum Gasteiger partial charge on any atom is -0.488 e. The molecule has 0 saturated carbocycles. The lowest BCUT2D eigenvalue weighted by Crippen LogP contribution is -2.51. The Bertz CT molecular complexity index is 1270. The van der Waals surface area contributed by atoms with E-state index in [1.807, 2.05) is 18.2 Å². The second-order valence-electron chi connectivity index (χ2n) is 10.5. The molecule has 2 heterocycles. The maximum Gasteiger partial charge on any atom is 0.243 e. The van der Waals surface area contributed by atoms with E-state index in [9.17, 15) is 19.2 Å². The average Bonchev–Trinajstić information content (AvgIpc) is 3.23. The lowest BCUT2D eigenvalue weighted by atomic mass is 10.0. The van der Waals surface area contributed by atoms with Gasteiger partial charge in [0.05, 0.1) is 11.7 Å². The highest BCUT2D eigenvalue weighted by atomic mass is 19.1. The average molecular weight is 553 g/mol. The number of hydrogen-bond donors (Lipinski definition) is 3. The number of halogens is 1. The smallest absolute Gasteiger partial charge is 0.243 e. The minimum atomic E-state index is -0.701. The number of nitrogens with two attached hydrogens (primary N) is 2. The molecular weight excluding hydrogens is 515 g/mol. The SMILES string of the molecule is NC(=O)CCCCCc1cccc(OC[C@H](CCC(N)=O)NC(=O)[C@@H]2Cc3cccc4c3N2C(=O)CCC4)c1F. The number of rotatable bonds is 14. The highest BCUT2D eigenvalue weighted by Crippen LogP contribution is 2.39. The van der Waals surface area contributed by atoms with Crippen molar-refractivity contribution in [1.29, 1.82) is 0 Å². The molecule has 0 fully saturated rings. The Balaban J connectivity index is 1.41. The van der Waals surface area contributed by atoms with E-state index in [0.29, 0.717) is 44.1 Å². The molecule has 0 bridgehead atoms. The number of nitrogens with one attached hydrogen (secondary N) is 1. The van der Waals surface area contributed by atoms with Crippen molar-refractivity contribution in [2.45, 2.75) is 82.7 Å². The van der Waals surface area contributed by atoms with Crippen LogP contribution in [0.2, 0.25) is 0 Å². The monoisotopic (exact) mass is 552 g/mol. The zero-order valence-electron chi connectivity index (χ0n) is 22.6. The van der Waals surface area contributed by atoms with Gasteiger partial charge in [-0.15, -0.1) is 0 Å². The summed E-state index contributed by atoms with van der Waals surface area (Å²) in [5.74, 6) is -1.73. The molecule has 0 radical (unpaired) electrons. The molecule has 0 aliphatic carbocycles. The molecule has 0 aromatic heterocycles. The number of carbonyl (C=O) groups excluding carboxylic acids is 4. The zero-order chi connectivity index (χ0) is 28.6. The quantitative estimate of drug-likeness (QED) is 0.309. The normalized spacial score (nSPS) is 16.7. The summed E-state index contributed by atoms with van der Waals surface area (Å²) in [6.07, 6.45) is 5.41. The van der Waals surface area contributed by atoms with Gasteiger partial charge in [-0.05, 0) is 61.3 Å². The summed E-state index contributed by atoms with van der Waals surface area (Å²) in [7, 11) is 0. The molecule has 0 saturated heterocycles. The van der Waals surface area contributed by atoms with Gasteiger partial charge in [-0.1, -0.05) is 36.8 Å². The van der Waals surface area contributed by atoms with E-state index in [-0.39, 0.29) is 42.9 Å². The number of unbranched alkanes of at least 4 members (excludes halogenated alkanes) is 2. The lowest BCUT2D eigenvalue weighted by Gasteiger charge is -2.27. The summed E-state index contributed by atoms with van der Waals surface area (Å²) in [5, 5.41) is 2.93. The van der Waals surface area contributed by atoms with Crippen molar-refractivity contribution in [3.63, 3.8) is 0 Å². The van der Waals surface area contributed by atoms with Gasteiger partial charge in [0.25, 0.3) is 0 Å². The molecule has 40 heavy (non-hydrogen) atoms. The van der Waals surface area contributed by atoms with Crippen LogP contribution in [-0.4, -0.2) is 42.3 Å². The van der Waals surface area contributed by atoms with E-state index < -0.39 is 23.8 Å². The van der Waals surface area contributed by atoms with Crippen LogP contribution in [0, 0.1) is 5.82 Å². The maximum atomic E-state index is 15.2. The van der Waals surface area contributed by atoms with Gasteiger partial charge < -0.3 is 21.5 Å². The predicted molar refractivity (Wildman–Crippen MR) is 148 cm³/mol. The molecule has 2 aromatic rings. The van der Waals surface area contributed by atoms with Gasteiger partial charge in [0.2, 0.25) is 23.6 Å². The Morgan fingerprint density at radius 3 is 2.52 bits per heavy atom. The highest BCUT2D eigenvalue weighted by molar-refractivity contribution is 6.04. The standard InChI is InChI=1S/C30H37FN4O5/c31-28-19(7-2-1-3-13-25(32)36)8-5-12-24(28)40-18-22(15-16-26(33)37)34-30(39)23-17-21-11-4-9-20-10-6-14-27(38)35(23)29(20)21/h4-5,8-9,11-12,22-23H,1-3,6-7,10,13-18H2,(H2,32,36)(H2,33,37)(H,34,39)/t22-,23-/m0/s1. The fourth-order valence-corrected chi connectivity index (χ4v) is 5.49. The lowest BCUT2D eigenvalue weighted by molar-refractivity contribution is -0.127. The van der Waals surface area contributed by atoms with Crippen LogP contribution >= 0.6 is 0 Å². The fourth-order valence-electron chi connectivity index (χ4n) is 5.49. The topological polar surface area (TPSA) is 145 Å². The summed E-state index contributed by atoms with van der Waals surface area (Å²) in [4.78, 5) is 50.5. The second kappa shape index (κ2) is 13.4. The van der Waals surface area contributed by atoms with Crippen LogP contribution in [0.25, 0.3) is 0 Å². The van der Waals surface area contributed by atoms with Crippen LogP contribution in [-0.2, 0) is 38.4 Å². The summed E-state index contributed by atoms with van der Waals surface area (Å²) in [6.45, 7) is -0.0725. The molecule has 10 heteroatoms. The van der Waals surface area contributed by atoms with Gasteiger partial charge in [-0.2, -0.15) is 0 Å². The molecule has 2 aliphatic rings. The number of primary amides is 2. The number of para-hydroxylation sites is 1. The van der Waals surface area contributed by atoms with Crippen LogP contribution < -0.4 is 26.4 Å². The number of benzene rings is 2. The number of aryl methyl sites for hydroxylation is 2. The minimum absolute atomic E-state index is 0.0137. The first-order valence-corrected chi connectivity index (χ1v) is 13.9. The van der Waals surface area contributed by atoms with Crippen LogP contribution in [0.15, 0.2) is 36.4 Å². The number of anilines is 1. The van der Waals surface area contributed by atoms with Crippen molar-refractivity contribution in [3.05, 3.63) is 58.9 Å². The molecule has 4 amide bonds. The Labute approximate surface area is 233 Å². The van der Waals surface area contributed by atoms with E-state index in [4.69, 9.17) is 16.2 Å². The van der Waals surface area contributed by atoms with Gasteiger partial charge in [0, 0.05) is 25.7 Å². The van der Waals surface area contributed by atoms with Gasteiger partial charge in [-0.25, -0.2) is 4.39 Å². The van der Waals surface area contributed by atoms with E-state index in [1.54, 1.807) is 17.0 Å². The number of nitrogens with zero attached hydrogens (tertiary/aromatic N) is 1. The van der Waals surface area contributed by atoms with Crippen molar-refractivity contribution >= 4 is 29.3 Å². The van der Waals surface area contributed by atoms with E-state index in [1.165, 1.54) is 6.07 Å². The van der Waals surface area contributed by atoms with E-state index >= 15 is 4.39 Å². The summed E-state index contributed by atoms with van der Waals surface area (Å²) >= 11 is 0. The van der Waals surface area contributed by atoms with Crippen LogP contribution in [0.5, 0.6) is 5.75 Å². The Kier molecular flexibility index (Phi) is 9.74. The van der Waals surface area contributed by atoms with Crippen molar-refractivity contribution < 1.29 is 28.3 Å². The molecule has 2 aliphatic heterocycles. The van der Waals surface area contributed by atoms with Crippen molar-refractivity contribution in [2.24, 2.45) is 11.5 Å². The third-order valence-corrected chi connectivity index (χ3v) is 7.52. The molecule has 4 rings (SSSR count).